The van der Waals surface area contributed by atoms with Crippen LogP contribution in [0.25, 0.3) is 0 Å². The van der Waals surface area contributed by atoms with Crippen LogP contribution in [0.15, 0.2) is 24.3 Å². The fraction of sp³-hybridized carbons (Fsp3) is 0.667. The minimum Gasteiger partial charge on any atom is -0.323 e. The van der Waals surface area contributed by atoms with Gasteiger partial charge in [0.05, 0.1) is 0 Å². The molecular formula is C18H30N2. The van der Waals surface area contributed by atoms with Gasteiger partial charge in [0.15, 0.2) is 0 Å². The molecule has 0 aromatic heterocycles. The molecule has 0 amide bonds. The van der Waals surface area contributed by atoms with Crippen LogP contribution in [-0.2, 0) is 0 Å². The van der Waals surface area contributed by atoms with Gasteiger partial charge in [0.25, 0.3) is 0 Å². The first-order valence-corrected chi connectivity index (χ1v) is 8.10. The van der Waals surface area contributed by atoms with Crippen molar-refractivity contribution in [3.8, 4) is 0 Å². The van der Waals surface area contributed by atoms with Gasteiger partial charge in [0, 0.05) is 24.7 Å². The van der Waals surface area contributed by atoms with Crippen molar-refractivity contribution in [3.63, 3.8) is 0 Å². The first kappa shape index (κ1) is 15.5. The fourth-order valence-electron chi connectivity index (χ4n) is 3.30. The molecule has 1 saturated heterocycles. The third-order valence-electron chi connectivity index (χ3n) is 4.81. The van der Waals surface area contributed by atoms with E-state index < -0.39 is 0 Å². The molecule has 20 heavy (non-hydrogen) atoms. The number of hydrogen-bond donors (Lipinski definition) is 1. The minimum atomic E-state index is 0.124. The van der Waals surface area contributed by atoms with Crippen molar-refractivity contribution in [2.24, 2.45) is 5.73 Å². The van der Waals surface area contributed by atoms with Crippen LogP contribution in [-0.4, -0.2) is 23.5 Å². The molecule has 1 aliphatic rings. The standard InChI is InChI=1S/C18H30N2/c1-13(2)16-8-10-17(11-9-16)18(19)12-20-14(3)6-5-7-15(20)4/h8-11,13-15,18H,5-7,12,19H2,1-4H3/t14-,15+,18?. The van der Waals surface area contributed by atoms with Gasteiger partial charge < -0.3 is 5.73 Å². The van der Waals surface area contributed by atoms with Gasteiger partial charge in [-0.15, -0.1) is 0 Å². The molecule has 1 fully saturated rings. The van der Waals surface area contributed by atoms with Gasteiger partial charge in [-0.3, -0.25) is 4.90 Å². The molecular weight excluding hydrogens is 244 g/mol. The first-order chi connectivity index (χ1) is 9.49. The molecule has 2 heteroatoms. The van der Waals surface area contributed by atoms with Crippen LogP contribution < -0.4 is 5.73 Å². The quantitative estimate of drug-likeness (QED) is 0.896. The Kier molecular flexibility index (Phi) is 5.22. The topological polar surface area (TPSA) is 29.3 Å². The summed E-state index contributed by atoms with van der Waals surface area (Å²) in [6.07, 6.45) is 3.98. The normalized spacial score (nSPS) is 25.9. The Bertz CT molecular complexity index is 400. The van der Waals surface area contributed by atoms with Crippen LogP contribution in [0.2, 0.25) is 0 Å². The van der Waals surface area contributed by atoms with E-state index in [0.717, 1.165) is 6.54 Å². The Morgan fingerprint density at radius 3 is 2.05 bits per heavy atom. The van der Waals surface area contributed by atoms with Crippen LogP contribution >= 0.6 is 0 Å². The lowest BCUT2D eigenvalue weighted by Crippen LogP contribution is -2.46. The van der Waals surface area contributed by atoms with Crippen molar-refractivity contribution in [1.29, 1.82) is 0 Å². The van der Waals surface area contributed by atoms with Gasteiger partial charge in [0.2, 0.25) is 0 Å². The van der Waals surface area contributed by atoms with Crippen molar-refractivity contribution in [2.75, 3.05) is 6.54 Å². The maximum Gasteiger partial charge on any atom is 0.0424 e. The molecule has 2 nitrogen and oxygen atoms in total. The summed E-state index contributed by atoms with van der Waals surface area (Å²) < 4.78 is 0. The SMILES string of the molecule is CC(C)c1ccc(C(N)CN2[C@H](C)CCC[C@@H]2C)cc1. The lowest BCUT2D eigenvalue weighted by atomic mass is 9.95. The van der Waals surface area contributed by atoms with Gasteiger partial charge in [-0.2, -0.15) is 0 Å². The number of hydrogen-bond acceptors (Lipinski definition) is 2. The lowest BCUT2D eigenvalue weighted by Gasteiger charge is -2.40. The van der Waals surface area contributed by atoms with E-state index in [2.05, 4.69) is 56.9 Å². The minimum absolute atomic E-state index is 0.124. The molecule has 1 aromatic rings. The maximum atomic E-state index is 6.43. The molecule has 0 saturated carbocycles. The molecule has 0 aliphatic carbocycles. The number of likely N-dealkylation sites (tertiary alicyclic amines) is 1. The van der Waals surface area contributed by atoms with Crippen molar-refractivity contribution in [1.82, 2.24) is 4.90 Å². The predicted molar refractivity (Wildman–Crippen MR) is 86.9 cm³/mol. The van der Waals surface area contributed by atoms with E-state index in [9.17, 15) is 0 Å². The number of piperidine rings is 1. The highest BCUT2D eigenvalue weighted by Crippen LogP contribution is 2.25. The lowest BCUT2D eigenvalue weighted by molar-refractivity contribution is 0.0961. The van der Waals surface area contributed by atoms with Gasteiger partial charge in [0.1, 0.15) is 0 Å². The van der Waals surface area contributed by atoms with E-state index in [1.54, 1.807) is 0 Å². The van der Waals surface area contributed by atoms with E-state index in [1.165, 1.54) is 30.4 Å². The molecule has 1 aromatic carbocycles. The summed E-state index contributed by atoms with van der Waals surface area (Å²) in [6.45, 7) is 10.1. The summed E-state index contributed by atoms with van der Waals surface area (Å²) in [6, 6.07) is 10.3. The molecule has 0 bridgehead atoms. The summed E-state index contributed by atoms with van der Waals surface area (Å²) >= 11 is 0. The predicted octanol–water partition coefficient (Wildman–Crippen LogP) is 4.07. The number of benzene rings is 1. The Hall–Kier alpha value is -0.860. The summed E-state index contributed by atoms with van der Waals surface area (Å²) in [5.41, 5.74) is 9.09. The van der Waals surface area contributed by atoms with Crippen LogP contribution in [0.5, 0.6) is 0 Å². The zero-order chi connectivity index (χ0) is 14.7. The van der Waals surface area contributed by atoms with Crippen LogP contribution in [0.1, 0.15) is 70.0 Å². The third kappa shape index (κ3) is 3.62. The van der Waals surface area contributed by atoms with Gasteiger partial charge in [-0.05, 0) is 43.7 Å². The van der Waals surface area contributed by atoms with Gasteiger partial charge in [-0.25, -0.2) is 0 Å². The fourth-order valence-corrected chi connectivity index (χ4v) is 3.30. The summed E-state index contributed by atoms with van der Waals surface area (Å²) in [4.78, 5) is 2.59. The maximum absolute atomic E-state index is 6.43. The number of nitrogens with two attached hydrogens (primary N) is 1. The molecule has 1 unspecified atom stereocenters. The summed E-state index contributed by atoms with van der Waals surface area (Å²) in [5.74, 6) is 0.586. The Morgan fingerprint density at radius 2 is 1.55 bits per heavy atom. The highest BCUT2D eigenvalue weighted by atomic mass is 15.2. The average molecular weight is 274 g/mol. The van der Waals surface area contributed by atoms with Crippen molar-refractivity contribution in [3.05, 3.63) is 35.4 Å². The second-order valence-corrected chi connectivity index (χ2v) is 6.75. The Balaban J connectivity index is 2.01. The average Bonchev–Trinajstić information content (AvgIpc) is 2.43. The molecule has 0 radical (unpaired) electrons. The molecule has 1 aliphatic heterocycles. The van der Waals surface area contributed by atoms with E-state index >= 15 is 0 Å². The van der Waals surface area contributed by atoms with Crippen molar-refractivity contribution < 1.29 is 0 Å². The van der Waals surface area contributed by atoms with E-state index in [-0.39, 0.29) is 6.04 Å². The second kappa shape index (κ2) is 6.73. The molecule has 1 heterocycles. The monoisotopic (exact) mass is 274 g/mol. The summed E-state index contributed by atoms with van der Waals surface area (Å²) in [5, 5.41) is 0. The molecule has 2 rings (SSSR count). The first-order valence-electron chi connectivity index (χ1n) is 8.10. The van der Waals surface area contributed by atoms with E-state index in [0.29, 0.717) is 18.0 Å². The molecule has 3 atom stereocenters. The second-order valence-electron chi connectivity index (χ2n) is 6.75. The number of nitrogens with zero attached hydrogens (tertiary/aromatic N) is 1. The highest BCUT2D eigenvalue weighted by Gasteiger charge is 2.26. The molecule has 112 valence electrons. The highest BCUT2D eigenvalue weighted by molar-refractivity contribution is 5.26. The number of rotatable bonds is 4. The Labute approximate surface area is 124 Å². The zero-order valence-corrected chi connectivity index (χ0v) is 13.5. The van der Waals surface area contributed by atoms with Gasteiger partial charge >= 0.3 is 0 Å². The van der Waals surface area contributed by atoms with Gasteiger partial charge in [-0.1, -0.05) is 44.5 Å². The largest absolute Gasteiger partial charge is 0.323 e. The molecule has 0 spiro atoms. The molecule has 2 N–H and O–H groups in total. The van der Waals surface area contributed by atoms with Crippen molar-refractivity contribution >= 4 is 0 Å². The zero-order valence-electron chi connectivity index (χ0n) is 13.5. The van der Waals surface area contributed by atoms with Crippen LogP contribution in [0, 0.1) is 0 Å². The van der Waals surface area contributed by atoms with Crippen LogP contribution in [0.3, 0.4) is 0 Å². The van der Waals surface area contributed by atoms with E-state index in [4.69, 9.17) is 5.73 Å². The third-order valence-corrected chi connectivity index (χ3v) is 4.81. The van der Waals surface area contributed by atoms with Crippen molar-refractivity contribution in [2.45, 2.75) is 71.0 Å². The van der Waals surface area contributed by atoms with Crippen LogP contribution in [0.4, 0.5) is 0 Å². The smallest absolute Gasteiger partial charge is 0.0424 e. The Morgan fingerprint density at radius 1 is 1.05 bits per heavy atom. The summed E-state index contributed by atoms with van der Waals surface area (Å²) in [7, 11) is 0. The van der Waals surface area contributed by atoms with E-state index in [1.807, 2.05) is 0 Å².